The first-order chi connectivity index (χ1) is 14.1. The molecule has 0 saturated heterocycles. The van der Waals surface area contributed by atoms with Gasteiger partial charge in [-0.25, -0.2) is 4.79 Å². The van der Waals surface area contributed by atoms with Crippen LogP contribution >= 0.6 is 0 Å². The third-order valence-electron chi connectivity index (χ3n) is 5.25. The fraction of sp³-hybridized carbons (Fsp3) is 0.292. The highest BCUT2D eigenvalue weighted by molar-refractivity contribution is 6.17. The fourth-order valence-corrected chi connectivity index (χ4v) is 3.94. The molecular weight excluding hydrogens is 364 g/mol. The van der Waals surface area contributed by atoms with Gasteiger partial charge >= 0.3 is 5.97 Å². The highest BCUT2D eigenvalue weighted by atomic mass is 16.5. The Hall–Kier alpha value is -3.21. The highest BCUT2D eigenvalue weighted by Crippen LogP contribution is 2.37. The van der Waals surface area contributed by atoms with E-state index in [1.165, 1.54) is 0 Å². The van der Waals surface area contributed by atoms with Gasteiger partial charge in [0.1, 0.15) is 5.75 Å². The zero-order chi connectivity index (χ0) is 20.4. The Labute approximate surface area is 170 Å². The number of fused-ring (bicyclic) bond motifs is 3. The zero-order valence-electron chi connectivity index (χ0n) is 17.0. The third-order valence-corrected chi connectivity index (χ3v) is 5.25. The monoisotopic (exact) mass is 390 g/mol. The third kappa shape index (κ3) is 3.60. The molecule has 0 bridgehead atoms. The summed E-state index contributed by atoms with van der Waals surface area (Å²) in [6.45, 7) is 7.72. The lowest BCUT2D eigenvalue weighted by atomic mass is 9.95. The van der Waals surface area contributed by atoms with E-state index in [-0.39, 0.29) is 11.9 Å². The van der Waals surface area contributed by atoms with Crippen LogP contribution in [0.15, 0.2) is 48.7 Å². The average molecular weight is 390 g/mol. The summed E-state index contributed by atoms with van der Waals surface area (Å²) in [6, 6.07) is 14.5. The maximum atomic E-state index is 12.5. The first kappa shape index (κ1) is 19.1. The number of rotatable bonds is 5. The van der Waals surface area contributed by atoms with E-state index in [9.17, 15) is 4.79 Å². The molecule has 0 amide bonds. The zero-order valence-corrected chi connectivity index (χ0v) is 17.0. The van der Waals surface area contributed by atoms with E-state index in [0.29, 0.717) is 18.8 Å². The van der Waals surface area contributed by atoms with Crippen LogP contribution in [-0.4, -0.2) is 30.7 Å². The Morgan fingerprint density at radius 2 is 1.93 bits per heavy atom. The second-order valence-electron chi connectivity index (χ2n) is 7.22. The van der Waals surface area contributed by atoms with Gasteiger partial charge < -0.3 is 19.8 Å². The van der Waals surface area contributed by atoms with Gasteiger partial charge in [-0.05, 0) is 48.7 Å². The summed E-state index contributed by atoms with van der Waals surface area (Å²) in [6.07, 6.45) is 1.77. The molecule has 1 aromatic heterocycles. The molecule has 2 aromatic carbocycles. The van der Waals surface area contributed by atoms with Crippen molar-refractivity contribution < 1.29 is 14.3 Å². The van der Waals surface area contributed by atoms with Crippen LogP contribution in [0.4, 0.5) is 0 Å². The summed E-state index contributed by atoms with van der Waals surface area (Å²) in [4.78, 5) is 16.0. The van der Waals surface area contributed by atoms with Crippen LogP contribution in [0.1, 0.15) is 37.9 Å². The number of H-pyrrole nitrogens is 1. The Morgan fingerprint density at radius 3 is 2.72 bits per heavy atom. The van der Waals surface area contributed by atoms with Crippen molar-refractivity contribution in [3.05, 3.63) is 59.9 Å². The SMILES string of the molecule is CCOC(=O)C1=CNCC(C)c2c1[nH]c1cc(-c3cccc(OCC)c3)ccc21. The van der Waals surface area contributed by atoms with Gasteiger partial charge in [0.05, 0.1) is 24.5 Å². The molecular formula is C24H26N2O3. The number of aromatic amines is 1. The molecule has 1 aliphatic rings. The molecule has 0 radical (unpaired) electrons. The number of esters is 1. The summed E-state index contributed by atoms with van der Waals surface area (Å²) in [5.41, 5.74) is 5.75. The molecule has 5 nitrogen and oxygen atoms in total. The molecule has 29 heavy (non-hydrogen) atoms. The van der Waals surface area contributed by atoms with Crippen LogP contribution in [0.2, 0.25) is 0 Å². The Bertz CT molecular complexity index is 1080. The smallest absolute Gasteiger partial charge is 0.341 e. The highest BCUT2D eigenvalue weighted by Gasteiger charge is 2.26. The Kier molecular flexibility index (Phi) is 5.30. The predicted octanol–water partition coefficient (Wildman–Crippen LogP) is 4.84. The molecule has 3 aromatic rings. The second kappa shape index (κ2) is 8.03. The normalized spacial score (nSPS) is 15.8. The van der Waals surface area contributed by atoms with Crippen molar-refractivity contribution in [3.8, 4) is 16.9 Å². The van der Waals surface area contributed by atoms with Gasteiger partial charge in [-0.1, -0.05) is 31.2 Å². The summed E-state index contributed by atoms with van der Waals surface area (Å²) >= 11 is 0. The minimum Gasteiger partial charge on any atom is -0.494 e. The van der Waals surface area contributed by atoms with Gasteiger partial charge in [0.2, 0.25) is 0 Å². The van der Waals surface area contributed by atoms with Gasteiger partial charge in [0.15, 0.2) is 0 Å². The number of aromatic nitrogens is 1. The van der Waals surface area contributed by atoms with Crippen molar-refractivity contribution in [2.24, 2.45) is 0 Å². The molecule has 0 fully saturated rings. The molecule has 1 aliphatic heterocycles. The van der Waals surface area contributed by atoms with Crippen LogP contribution in [0.25, 0.3) is 27.6 Å². The summed E-state index contributed by atoms with van der Waals surface area (Å²) < 4.78 is 10.9. The first-order valence-electron chi connectivity index (χ1n) is 10.1. The van der Waals surface area contributed by atoms with E-state index in [1.54, 1.807) is 6.20 Å². The lowest BCUT2D eigenvalue weighted by Gasteiger charge is -2.11. The number of benzene rings is 2. The fourth-order valence-electron chi connectivity index (χ4n) is 3.94. The lowest BCUT2D eigenvalue weighted by Crippen LogP contribution is -2.13. The number of hydrogen-bond donors (Lipinski definition) is 2. The minimum absolute atomic E-state index is 0.258. The van der Waals surface area contributed by atoms with Gasteiger partial charge in [-0.2, -0.15) is 0 Å². The molecule has 5 heteroatoms. The van der Waals surface area contributed by atoms with Crippen LogP contribution < -0.4 is 10.1 Å². The average Bonchev–Trinajstić information content (AvgIpc) is 3.01. The standard InChI is InChI=1S/C24H26N2O3/c1-4-28-18-8-6-7-16(11-18)17-9-10-19-21(12-17)26-23-20(24(27)29-5-2)14-25-13-15(3)22(19)23/h6-12,14-15,25-26H,4-5,13H2,1-3H3. The molecule has 2 heterocycles. The van der Waals surface area contributed by atoms with Crippen LogP contribution in [-0.2, 0) is 9.53 Å². The molecule has 0 saturated carbocycles. The maximum absolute atomic E-state index is 12.5. The van der Waals surface area contributed by atoms with Gasteiger partial charge in [-0.3, -0.25) is 0 Å². The number of nitrogens with one attached hydrogen (secondary N) is 2. The number of ether oxygens (including phenoxy) is 2. The largest absolute Gasteiger partial charge is 0.494 e. The predicted molar refractivity (Wildman–Crippen MR) is 116 cm³/mol. The topological polar surface area (TPSA) is 63.3 Å². The van der Waals surface area contributed by atoms with Crippen LogP contribution in [0.3, 0.4) is 0 Å². The number of carbonyl (C=O) groups is 1. The molecule has 0 spiro atoms. The van der Waals surface area contributed by atoms with E-state index in [2.05, 4.69) is 47.6 Å². The first-order valence-corrected chi connectivity index (χ1v) is 10.1. The summed E-state index contributed by atoms with van der Waals surface area (Å²) in [5, 5.41) is 4.38. The van der Waals surface area contributed by atoms with Crippen LogP contribution in [0.5, 0.6) is 5.75 Å². The Balaban J connectivity index is 1.81. The summed E-state index contributed by atoms with van der Waals surface area (Å²) in [7, 11) is 0. The van der Waals surface area contributed by atoms with Crippen molar-refractivity contribution in [1.82, 2.24) is 10.3 Å². The molecule has 150 valence electrons. The van der Waals surface area contributed by atoms with Crippen molar-refractivity contribution >= 4 is 22.4 Å². The van der Waals surface area contributed by atoms with Crippen molar-refractivity contribution in [2.75, 3.05) is 19.8 Å². The van der Waals surface area contributed by atoms with Gasteiger partial charge in [0.25, 0.3) is 0 Å². The second-order valence-corrected chi connectivity index (χ2v) is 7.22. The lowest BCUT2D eigenvalue weighted by molar-refractivity contribution is -0.136. The maximum Gasteiger partial charge on any atom is 0.341 e. The molecule has 1 atom stereocenters. The number of hydrogen-bond acceptors (Lipinski definition) is 4. The quantitative estimate of drug-likeness (QED) is 0.612. The van der Waals surface area contributed by atoms with Crippen LogP contribution in [0, 0.1) is 0 Å². The van der Waals surface area contributed by atoms with E-state index in [4.69, 9.17) is 9.47 Å². The molecule has 1 unspecified atom stereocenters. The van der Waals surface area contributed by atoms with E-state index in [1.807, 2.05) is 26.0 Å². The minimum atomic E-state index is -0.313. The van der Waals surface area contributed by atoms with Gasteiger partial charge in [-0.15, -0.1) is 0 Å². The summed E-state index contributed by atoms with van der Waals surface area (Å²) in [5.74, 6) is 0.806. The number of carbonyl (C=O) groups excluding carboxylic acids is 1. The Morgan fingerprint density at radius 1 is 1.10 bits per heavy atom. The molecule has 0 aliphatic carbocycles. The van der Waals surface area contributed by atoms with Crippen molar-refractivity contribution in [2.45, 2.75) is 26.7 Å². The van der Waals surface area contributed by atoms with Crippen molar-refractivity contribution in [3.63, 3.8) is 0 Å². The van der Waals surface area contributed by atoms with E-state index < -0.39 is 0 Å². The van der Waals surface area contributed by atoms with E-state index in [0.717, 1.165) is 45.6 Å². The molecule has 4 rings (SSSR count). The molecule has 2 N–H and O–H groups in total. The van der Waals surface area contributed by atoms with Crippen molar-refractivity contribution in [1.29, 1.82) is 0 Å². The van der Waals surface area contributed by atoms with Gasteiger partial charge in [0, 0.05) is 29.6 Å². The van der Waals surface area contributed by atoms with E-state index >= 15 is 0 Å².